The lowest BCUT2D eigenvalue weighted by Crippen LogP contribution is -2.45. The van der Waals surface area contributed by atoms with Gasteiger partial charge in [-0.2, -0.15) is 9.97 Å². The van der Waals surface area contributed by atoms with Crippen LogP contribution in [0.5, 0.6) is 11.8 Å². The van der Waals surface area contributed by atoms with Crippen LogP contribution in [0.4, 0.5) is 0 Å². The zero-order valence-corrected chi connectivity index (χ0v) is 17.6. The van der Waals surface area contributed by atoms with E-state index in [-0.39, 0.29) is 16.9 Å². The first-order chi connectivity index (χ1) is 14.5. The molecule has 2 aromatic carbocycles. The van der Waals surface area contributed by atoms with E-state index in [0.717, 1.165) is 11.8 Å². The van der Waals surface area contributed by atoms with Crippen molar-refractivity contribution >= 4 is 17.7 Å². The highest BCUT2D eigenvalue weighted by atomic mass is 32.2. The smallest absolute Gasteiger partial charge is 0.320 e. The number of carboxylic acid groups (broad SMARTS) is 1. The quantitative estimate of drug-likeness (QED) is 0.410. The Morgan fingerprint density at radius 2 is 1.37 bits per heavy atom. The summed E-state index contributed by atoms with van der Waals surface area (Å²) in [5.74, 6) is -0.521. The van der Waals surface area contributed by atoms with Gasteiger partial charge in [0.1, 0.15) is 10.9 Å². The molecule has 1 atom stereocenters. The highest BCUT2D eigenvalue weighted by Gasteiger charge is 2.48. The molecular weight excluding hydrogens is 404 g/mol. The topological polar surface area (TPSA) is 90.8 Å². The number of rotatable bonds is 9. The molecule has 1 N–H and O–H groups in total. The second kappa shape index (κ2) is 9.60. The van der Waals surface area contributed by atoms with Gasteiger partial charge in [0.2, 0.25) is 11.8 Å². The van der Waals surface area contributed by atoms with Crippen molar-refractivity contribution < 1.29 is 24.1 Å². The predicted octanol–water partition coefficient (Wildman–Crippen LogP) is 3.63. The SMILES string of the molecule is COc1cc(OC)nc(SC(C(=O)O)C(OC)(c2ccccc2)c2ccccc2)n1. The van der Waals surface area contributed by atoms with Crippen molar-refractivity contribution in [1.29, 1.82) is 0 Å². The first-order valence-electron chi connectivity index (χ1n) is 9.08. The first-order valence-corrected chi connectivity index (χ1v) is 9.95. The largest absolute Gasteiger partial charge is 0.481 e. The van der Waals surface area contributed by atoms with Gasteiger partial charge >= 0.3 is 5.97 Å². The van der Waals surface area contributed by atoms with Crippen LogP contribution in [0, 0.1) is 0 Å². The van der Waals surface area contributed by atoms with Crippen LogP contribution in [0.25, 0.3) is 0 Å². The van der Waals surface area contributed by atoms with Gasteiger partial charge in [0, 0.05) is 7.11 Å². The van der Waals surface area contributed by atoms with Crippen LogP contribution >= 0.6 is 11.8 Å². The van der Waals surface area contributed by atoms with Crippen molar-refractivity contribution in [2.45, 2.75) is 16.0 Å². The van der Waals surface area contributed by atoms with Gasteiger partial charge in [-0.1, -0.05) is 72.4 Å². The standard InChI is InChI=1S/C22H22N2O5S/c1-27-17-14-18(28-2)24-21(23-17)30-19(20(25)26)22(29-3,15-10-6-4-7-11-15)16-12-8-5-9-13-16/h4-14,19H,1-3H3,(H,25,26). The van der Waals surface area contributed by atoms with Gasteiger partial charge in [0.25, 0.3) is 0 Å². The van der Waals surface area contributed by atoms with Crippen LogP contribution in [0.15, 0.2) is 71.9 Å². The fourth-order valence-corrected chi connectivity index (χ4v) is 4.37. The van der Waals surface area contributed by atoms with Crippen LogP contribution in [-0.2, 0) is 15.1 Å². The summed E-state index contributed by atoms with van der Waals surface area (Å²) in [4.78, 5) is 21.1. The maximum Gasteiger partial charge on any atom is 0.320 e. The number of carbonyl (C=O) groups is 1. The number of methoxy groups -OCH3 is 3. The van der Waals surface area contributed by atoms with E-state index in [2.05, 4.69) is 9.97 Å². The van der Waals surface area contributed by atoms with Gasteiger partial charge in [-0.25, -0.2) is 0 Å². The number of nitrogens with zero attached hydrogens (tertiary/aromatic N) is 2. The summed E-state index contributed by atoms with van der Waals surface area (Å²) in [6, 6.07) is 20.0. The maximum atomic E-state index is 12.5. The summed E-state index contributed by atoms with van der Waals surface area (Å²) in [6.45, 7) is 0. The molecule has 1 aromatic heterocycles. The van der Waals surface area contributed by atoms with E-state index in [1.807, 2.05) is 60.7 Å². The Morgan fingerprint density at radius 3 is 1.73 bits per heavy atom. The predicted molar refractivity (Wildman–Crippen MR) is 113 cm³/mol. The molecule has 0 aliphatic rings. The lowest BCUT2D eigenvalue weighted by atomic mass is 9.83. The van der Waals surface area contributed by atoms with Crippen molar-refractivity contribution in [2.24, 2.45) is 0 Å². The molecule has 1 unspecified atom stereocenters. The van der Waals surface area contributed by atoms with E-state index in [1.165, 1.54) is 27.4 Å². The highest BCUT2D eigenvalue weighted by Crippen LogP contribution is 2.44. The Bertz CT molecular complexity index is 924. The first kappa shape index (κ1) is 21.6. The molecule has 3 aromatic rings. The second-order valence-corrected chi connectivity index (χ2v) is 7.32. The molecule has 0 saturated heterocycles. The van der Waals surface area contributed by atoms with Gasteiger partial charge in [-0.15, -0.1) is 0 Å². The Labute approximate surface area is 179 Å². The summed E-state index contributed by atoms with van der Waals surface area (Å²) >= 11 is 0.970. The molecule has 0 amide bonds. The lowest BCUT2D eigenvalue weighted by Gasteiger charge is -2.37. The number of ether oxygens (including phenoxy) is 3. The van der Waals surface area contributed by atoms with Gasteiger partial charge in [-0.05, 0) is 11.1 Å². The fraction of sp³-hybridized carbons (Fsp3) is 0.227. The Balaban J connectivity index is 2.18. The fourth-order valence-electron chi connectivity index (χ4n) is 3.24. The molecule has 0 saturated carbocycles. The van der Waals surface area contributed by atoms with Crippen LogP contribution in [0.1, 0.15) is 11.1 Å². The molecule has 0 aliphatic heterocycles. The average molecular weight is 426 g/mol. The summed E-state index contributed by atoms with van der Waals surface area (Å²) in [6.07, 6.45) is 0. The van der Waals surface area contributed by atoms with Crippen LogP contribution < -0.4 is 9.47 Å². The minimum absolute atomic E-state index is 0.201. The van der Waals surface area contributed by atoms with E-state index in [4.69, 9.17) is 14.2 Å². The van der Waals surface area contributed by atoms with Gasteiger partial charge < -0.3 is 19.3 Å². The zero-order chi connectivity index (χ0) is 21.6. The molecule has 7 nitrogen and oxygen atoms in total. The summed E-state index contributed by atoms with van der Waals surface area (Å²) in [5.41, 5.74) is 0.112. The number of thioether (sulfide) groups is 1. The Kier molecular flexibility index (Phi) is 6.91. The minimum Gasteiger partial charge on any atom is -0.481 e. The summed E-state index contributed by atoms with van der Waals surface area (Å²) < 4.78 is 16.4. The molecule has 156 valence electrons. The maximum absolute atomic E-state index is 12.5. The zero-order valence-electron chi connectivity index (χ0n) is 16.8. The number of hydrogen-bond acceptors (Lipinski definition) is 7. The number of carboxylic acids is 1. The average Bonchev–Trinajstić information content (AvgIpc) is 2.80. The van der Waals surface area contributed by atoms with Crippen LogP contribution in [0.2, 0.25) is 0 Å². The molecular formula is C22H22N2O5S. The van der Waals surface area contributed by atoms with Crippen molar-refractivity contribution in [3.05, 3.63) is 77.9 Å². The Hall–Kier alpha value is -3.10. The molecule has 0 fully saturated rings. The monoisotopic (exact) mass is 426 g/mol. The van der Waals surface area contributed by atoms with Gasteiger partial charge in [0.15, 0.2) is 5.16 Å². The molecule has 0 spiro atoms. The Morgan fingerprint density at radius 1 is 0.900 bits per heavy atom. The van der Waals surface area contributed by atoms with E-state index in [1.54, 1.807) is 0 Å². The third-order valence-electron chi connectivity index (χ3n) is 4.62. The normalized spacial score (nSPS) is 12.2. The summed E-state index contributed by atoms with van der Waals surface area (Å²) in [5, 5.41) is 9.35. The molecule has 0 aliphatic carbocycles. The van der Waals surface area contributed by atoms with Crippen molar-refractivity contribution in [3.8, 4) is 11.8 Å². The number of aromatic nitrogens is 2. The van der Waals surface area contributed by atoms with Crippen molar-refractivity contribution in [2.75, 3.05) is 21.3 Å². The van der Waals surface area contributed by atoms with Crippen molar-refractivity contribution in [1.82, 2.24) is 9.97 Å². The van der Waals surface area contributed by atoms with Crippen molar-refractivity contribution in [3.63, 3.8) is 0 Å². The lowest BCUT2D eigenvalue weighted by molar-refractivity contribution is -0.141. The molecule has 0 radical (unpaired) electrons. The van der Waals surface area contributed by atoms with E-state index >= 15 is 0 Å². The molecule has 0 bridgehead atoms. The van der Waals surface area contributed by atoms with E-state index in [0.29, 0.717) is 11.1 Å². The third kappa shape index (κ3) is 4.24. The van der Waals surface area contributed by atoms with Crippen LogP contribution in [0.3, 0.4) is 0 Å². The molecule has 1 heterocycles. The van der Waals surface area contributed by atoms with Gasteiger partial charge in [0.05, 0.1) is 20.3 Å². The number of hydrogen-bond donors (Lipinski definition) is 1. The van der Waals surface area contributed by atoms with E-state index < -0.39 is 16.8 Å². The van der Waals surface area contributed by atoms with Crippen LogP contribution in [-0.4, -0.2) is 47.6 Å². The number of benzene rings is 2. The molecule has 3 rings (SSSR count). The number of aliphatic carboxylic acids is 1. The third-order valence-corrected chi connectivity index (χ3v) is 5.78. The highest BCUT2D eigenvalue weighted by molar-refractivity contribution is 8.00. The van der Waals surface area contributed by atoms with E-state index in [9.17, 15) is 9.90 Å². The minimum atomic E-state index is -1.29. The molecule has 30 heavy (non-hydrogen) atoms. The van der Waals surface area contributed by atoms with Gasteiger partial charge in [-0.3, -0.25) is 4.79 Å². The summed E-state index contributed by atoms with van der Waals surface area (Å²) in [7, 11) is 4.44. The second-order valence-electron chi connectivity index (χ2n) is 6.24. The molecule has 8 heteroatoms.